The number of aliphatic hydroxyl groups excluding tert-OH is 1. The molecule has 1 N–H and O–H groups in total. The molecule has 0 spiro atoms. The number of fused-ring (bicyclic) bond motifs is 1. The van der Waals surface area contributed by atoms with E-state index in [1.807, 2.05) is 13.0 Å². The molecule has 0 aliphatic rings. The summed E-state index contributed by atoms with van der Waals surface area (Å²) in [5.74, 6) is 0. The minimum absolute atomic E-state index is 0.241. The van der Waals surface area contributed by atoms with Gasteiger partial charge < -0.3 is 9.67 Å². The van der Waals surface area contributed by atoms with Gasteiger partial charge in [-0.25, -0.2) is 0 Å². The zero-order chi connectivity index (χ0) is 10.8. The van der Waals surface area contributed by atoms with Gasteiger partial charge in [0, 0.05) is 22.7 Å². The van der Waals surface area contributed by atoms with Crippen LogP contribution in [-0.2, 0) is 6.54 Å². The number of aryl methyl sites for hydroxylation is 1. The van der Waals surface area contributed by atoms with E-state index in [0.717, 1.165) is 17.4 Å². The molecule has 2 rings (SSSR count). The van der Waals surface area contributed by atoms with Crippen LogP contribution < -0.4 is 0 Å². The molecule has 1 aromatic heterocycles. The second-order valence-electron chi connectivity index (χ2n) is 3.85. The van der Waals surface area contributed by atoms with Crippen LogP contribution in [0.5, 0.6) is 0 Å². The van der Waals surface area contributed by atoms with Crippen LogP contribution in [0, 0.1) is 0 Å². The van der Waals surface area contributed by atoms with Crippen molar-refractivity contribution in [3.8, 4) is 0 Å². The highest BCUT2D eigenvalue weighted by molar-refractivity contribution is 9.10. The zero-order valence-electron chi connectivity index (χ0n) is 8.65. The van der Waals surface area contributed by atoms with Crippen molar-refractivity contribution in [3.63, 3.8) is 0 Å². The van der Waals surface area contributed by atoms with Gasteiger partial charge in [-0.15, -0.1) is 0 Å². The third-order valence-corrected chi connectivity index (χ3v) is 3.02. The summed E-state index contributed by atoms with van der Waals surface area (Å²) in [5, 5.41) is 10.5. The van der Waals surface area contributed by atoms with Gasteiger partial charge in [-0.3, -0.25) is 0 Å². The normalized spacial score (nSPS) is 13.3. The molecular formula is C12H14BrNO. The number of hydrogen-bond donors (Lipinski definition) is 1. The molecule has 80 valence electrons. The molecule has 2 nitrogen and oxygen atoms in total. The molecule has 1 heterocycles. The van der Waals surface area contributed by atoms with Gasteiger partial charge in [0.05, 0.1) is 6.10 Å². The Bertz CT molecular complexity index is 462. The fourth-order valence-corrected chi connectivity index (χ4v) is 2.03. The van der Waals surface area contributed by atoms with Gasteiger partial charge in [-0.1, -0.05) is 22.0 Å². The minimum Gasteiger partial charge on any atom is -0.393 e. The number of nitrogens with zero attached hydrogens (tertiary/aromatic N) is 1. The molecule has 1 unspecified atom stereocenters. The Morgan fingerprint density at radius 2 is 2.20 bits per heavy atom. The Morgan fingerprint density at radius 3 is 2.93 bits per heavy atom. The standard InChI is InChI=1S/C12H14BrNO/c1-9(15)4-6-14-7-5-10-2-3-11(13)8-12(10)14/h2-3,5,7-9,15H,4,6H2,1H3. The quantitative estimate of drug-likeness (QED) is 0.908. The lowest BCUT2D eigenvalue weighted by Gasteiger charge is -2.07. The predicted molar refractivity (Wildman–Crippen MR) is 65.9 cm³/mol. The molecule has 0 saturated carbocycles. The molecule has 1 aromatic carbocycles. The van der Waals surface area contributed by atoms with Crippen molar-refractivity contribution in [1.29, 1.82) is 0 Å². The lowest BCUT2D eigenvalue weighted by Crippen LogP contribution is -2.05. The summed E-state index contributed by atoms with van der Waals surface area (Å²) in [6.07, 6.45) is 2.62. The van der Waals surface area contributed by atoms with E-state index < -0.39 is 0 Å². The summed E-state index contributed by atoms with van der Waals surface area (Å²) in [6.45, 7) is 2.68. The Labute approximate surface area is 97.7 Å². The van der Waals surface area contributed by atoms with Gasteiger partial charge in [-0.05, 0) is 36.9 Å². The summed E-state index contributed by atoms with van der Waals surface area (Å²) in [5.41, 5.74) is 1.21. The van der Waals surface area contributed by atoms with Gasteiger partial charge in [0.2, 0.25) is 0 Å². The smallest absolute Gasteiger partial charge is 0.0529 e. The average molecular weight is 268 g/mol. The summed E-state index contributed by atoms with van der Waals surface area (Å²) < 4.78 is 3.26. The van der Waals surface area contributed by atoms with Gasteiger partial charge in [0.25, 0.3) is 0 Å². The van der Waals surface area contributed by atoms with Gasteiger partial charge >= 0.3 is 0 Å². The third-order valence-electron chi connectivity index (χ3n) is 2.52. The highest BCUT2D eigenvalue weighted by atomic mass is 79.9. The van der Waals surface area contributed by atoms with Crippen molar-refractivity contribution < 1.29 is 5.11 Å². The molecule has 15 heavy (non-hydrogen) atoms. The summed E-state index contributed by atoms with van der Waals surface area (Å²) in [4.78, 5) is 0. The lowest BCUT2D eigenvalue weighted by atomic mass is 10.2. The highest BCUT2D eigenvalue weighted by Gasteiger charge is 2.02. The largest absolute Gasteiger partial charge is 0.393 e. The van der Waals surface area contributed by atoms with Gasteiger partial charge in [0.15, 0.2) is 0 Å². The molecule has 3 heteroatoms. The molecule has 0 aliphatic carbocycles. The first-order valence-corrected chi connectivity index (χ1v) is 5.88. The minimum atomic E-state index is -0.241. The van der Waals surface area contributed by atoms with Gasteiger partial charge in [-0.2, -0.15) is 0 Å². The molecular weight excluding hydrogens is 254 g/mol. The first-order chi connectivity index (χ1) is 7.16. The maximum absolute atomic E-state index is 9.26. The van der Waals surface area contributed by atoms with Crippen molar-refractivity contribution in [1.82, 2.24) is 4.57 Å². The second-order valence-corrected chi connectivity index (χ2v) is 4.77. The van der Waals surface area contributed by atoms with Crippen LogP contribution in [-0.4, -0.2) is 15.8 Å². The van der Waals surface area contributed by atoms with Crippen LogP contribution >= 0.6 is 15.9 Å². The van der Waals surface area contributed by atoms with E-state index in [4.69, 9.17) is 0 Å². The van der Waals surface area contributed by atoms with Crippen molar-refractivity contribution in [3.05, 3.63) is 34.9 Å². The maximum atomic E-state index is 9.26. The predicted octanol–water partition coefficient (Wildman–Crippen LogP) is 3.17. The lowest BCUT2D eigenvalue weighted by molar-refractivity contribution is 0.178. The number of rotatable bonds is 3. The van der Waals surface area contributed by atoms with Crippen molar-refractivity contribution in [2.24, 2.45) is 0 Å². The molecule has 0 fully saturated rings. The van der Waals surface area contributed by atoms with E-state index in [1.54, 1.807) is 0 Å². The van der Waals surface area contributed by atoms with E-state index in [1.165, 1.54) is 10.9 Å². The van der Waals surface area contributed by atoms with E-state index in [-0.39, 0.29) is 6.10 Å². The SMILES string of the molecule is CC(O)CCn1ccc2ccc(Br)cc21. The van der Waals surface area contributed by atoms with Gasteiger partial charge in [0.1, 0.15) is 0 Å². The molecule has 2 aromatic rings. The summed E-state index contributed by atoms with van der Waals surface area (Å²) >= 11 is 3.47. The third kappa shape index (κ3) is 2.41. The number of aromatic nitrogens is 1. The van der Waals surface area contributed by atoms with Crippen molar-refractivity contribution in [2.45, 2.75) is 26.0 Å². The van der Waals surface area contributed by atoms with Crippen LogP contribution in [0.1, 0.15) is 13.3 Å². The van der Waals surface area contributed by atoms with Crippen LogP contribution in [0.15, 0.2) is 34.9 Å². The van der Waals surface area contributed by atoms with E-state index in [0.29, 0.717) is 0 Å². The van der Waals surface area contributed by atoms with E-state index >= 15 is 0 Å². The van der Waals surface area contributed by atoms with Crippen molar-refractivity contribution >= 4 is 26.8 Å². The maximum Gasteiger partial charge on any atom is 0.0529 e. The Kier molecular flexibility index (Phi) is 3.12. The fraction of sp³-hybridized carbons (Fsp3) is 0.333. The average Bonchev–Trinajstić information content (AvgIpc) is 2.57. The first-order valence-electron chi connectivity index (χ1n) is 5.09. The topological polar surface area (TPSA) is 25.2 Å². The van der Waals surface area contributed by atoms with Crippen molar-refractivity contribution in [2.75, 3.05) is 0 Å². The molecule has 0 radical (unpaired) electrons. The van der Waals surface area contributed by atoms with E-state index in [9.17, 15) is 5.11 Å². The van der Waals surface area contributed by atoms with Crippen LogP contribution in [0.3, 0.4) is 0 Å². The molecule has 0 aliphatic heterocycles. The fourth-order valence-electron chi connectivity index (χ4n) is 1.68. The monoisotopic (exact) mass is 267 g/mol. The Balaban J connectivity index is 2.31. The Morgan fingerprint density at radius 1 is 1.40 bits per heavy atom. The first kappa shape index (κ1) is 10.7. The molecule has 0 amide bonds. The van der Waals surface area contributed by atoms with Crippen LogP contribution in [0.25, 0.3) is 10.9 Å². The number of halogens is 1. The summed E-state index contributed by atoms with van der Waals surface area (Å²) in [7, 11) is 0. The zero-order valence-corrected chi connectivity index (χ0v) is 10.2. The molecule has 0 bridgehead atoms. The molecule has 0 saturated heterocycles. The van der Waals surface area contributed by atoms with E-state index in [2.05, 4.69) is 44.9 Å². The number of aliphatic hydroxyl groups is 1. The second kappa shape index (κ2) is 4.37. The Hall–Kier alpha value is -0.800. The van der Waals surface area contributed by atoms with Crippen LogP contribution in [0.2, 0.25) is 0 Å². The number of hydrogen-bond acceptors (Lipinski definition) is 1. The van der Waals surface area contributed by atoms with Crippen LogP contribution in [0.4, 0.5) is 0 Å². The summed E-state index contributed by atoms with van der Waals surface area (Å²) in [6, 6.07) is 8.35. The highest BCUT2D eigenvalue weighted by Crippen LogP contribution is 2.21. The molecule has 1 atom stereocenters. The number of benzene rings is 1.